The maximum absolute atomic E-state index is 5.94. The Morgan fingerprint density at radius 2 is 1.06 bits per heavy atom. The second-order valence-electron chi connectivity index (χ2n) is 8.89. The highest BCUT2D eigenvalue weighted by atomic mass is 16.5. The molecule has 4 aromatic carbocycles. The van der Waals surface area contributed by atoms with Crippen molar-refractivity contribution in [3.63, 3.8) is 0 Å². The maximum atomic E-state index is 5.94. The first-order valence-corrected chi connectivity index (χ1v) is 11.1. The van der Waals surface area contributed by atoms with Crippen molar-refractivity contribution in [1.29, 1.82) is 0 Å². The first-order chi connectivity index (χ1) is 15.8. The summed E-state index contributed by atoms with van der Waals surface area (Å²) < 4.78 is 11.9. The third kappa shape index (κ3) is 5.29. The molecule has 0 aromatic heterocycles. The maximum Gasteiger partial charge on any atom is 0.129 e. The van der Waals surface area contributed by atoms with E-state index in [-0.39, 0.29) is 5.41 Å². The molecule has 33 heavy (non-hydrogen) atoms. The topological polar surface area (TPSA) is 70.5 Å². The molecule has 0 amide bonds. The molecule has 0 spiro atoms. The van der Waals surface area contributed by atoms with E-state index in [2.05, 4.69) is 45.0 Å². The van der Waals surface area contributed by atoms with Crippen LogP contribution >= 0.6 is 0 Å². The minimum atomic E-state index is -0.0774. The molecule has 0 radical (unpaired) electrons. The first-order valence-electron chi connectivity index (χ1n) is 11.1. The molecule has 4 rings (SSSR count). The predicted octanol–water partition coefficient (Wildman–Crippen LogP) is 7.52. The third-order valence-corrected chi connectivity index (χ3v) is 6.25. The van der Waals surface area contributed by atoms with Gasteiger partial charge < -0.3 is 20.9 Å². The van der Waals surface area contributed by atoms with Crippen LogP contribution in [0.1, 0.15) is 37.8 Å². The van der Waals surface area contributed by atoms with Gasteiger partial charge in [-0.1, -0.05) is 57.2 Å². The molecule has 4 aromatic rings. The SMILES string of the molecule is CC(c1ccc(Oc2cccc(N)c2)cc1)C(C)(C)c1ccc(Oc2cccc(N)c2)cc1. The van der Waals surface area contributed by atoms with Crippen LogP contribution in [-0.4, -0.2) is 0 Å². The van der Waals surface area contributed by atoms with E-state index in [0.717, 1.165) is 23.0 Å². The van der Waals surface area contributed by atoms with Gasteiger partial charge in [-0.05, 0) is 71.0 Å². The summed E-state index contributed by atoms with van der Waals surface area (Å²) in [5.74, 6) is 3.33. The van der Waals surface area contributed by atoms with Crippen LogP contribution < -0.4 is 20.9 Å². The Morgan fingerprint density at radius 1 is 0.606 bits per heavy atom. The lowest BCUT2D eigenvalue weighted by molar-refractivity contribution is 0.433. The van der Waals surface area contributed by atoms with E-state index < -0.39 is 0 Å². The molecule has 0 aliphatic rings. The first kappa shape index (κ1) is 22.3. The van der Waals surface area contributed by atoms with Crippen LogP contribution in [0.25, 0.3) is 0 Å². The summed E-state index contributed by atoms with van der Waals surface area (Å²) in [5, 5.41) is 0. The van der Waals surface area contributed by atoms with Crippen molar-refractivity contribution in [2.24, 2.45) is 0 Å². The van der Waals surface area contributed by atoms with Crippen molar-refractivity contribution in [3.8, 4) is 23.0 Å². The molecule has 0 fully saturated rings. The van der Waals surface area contributed by atoms with E-state index >= 15 is 0 Å². The number of hydrogen-bond donors (Lipinski definition) is 2. The minimum absolute atomic E-state index is 0.0774. The van der Waals surface area contributed by atoms with Crippen molar-refractivity contribution in [2.75, 3.05) is 11.5 Å². The fraction of sp³-hybridized carbons (Fsp3) is 0.172. The Balaban J connectivity index is 1.46. The van der Waals surface area contributed by atoms with Gasteiger partial charge in [-0.2, -0.15) is 0 Å². The van der Waals surface area contributed by atoms with Crippen molar-refractivity contribution in [2.45, 2.75) is 32.1 Å². The largest absolute Gasteiger partial charge is 0.457 e. The normalized spacial score (nSPS) is 12.2. The number of ether oxygens (including phenoxy) is 2. The Morgan fingerprint density at radius 3 is 1.52 bits per heavy atom. The summed E-state index contributed by atoms with van der Waals surface area (Å²) in [6.45, 7) is 6.79. The highest BCUT2D eigenvalue weighted by Gasteiger charge is 2.29. The van der Waals surface area contributed by atoms with Gasteiger partial charge in [-0.3, -0.25) is 0 Å². The lowest BCUT2D eigenvalue weighted by Crippen LogP contribution is -2.24. The molecule has 4 heteroatoms. The second kappa shape index (κ2) is 9.29. The van der Waals surface area contributed by atoms with E-state index in [0.29, 0.717) is 17.3 Å². The monoisotopic (exact) mass is 438 g/mol. The minimum Gasteiger partial charge on any atom is -0.457 e. The highest BCUT2D eigenvalue weighted by Crippen LogP contribution is 2.40. The van der Waals surface area contributed by atoms with E-state index in [4.69, 9.17) is 20.9 Å². The Hall–Kier alpha value is -3.92. The predicted molar refractivity (Wildman–Crippen MR) is 136 cm³/mol. The van der Waals surface area contributed by atoms with E-state index in [1.54, 1.807) is 0 Å². The van der Waals surface area contributed by atoms with Crippen molar-refractivity contribution in [3.05, 3.63) is 108 Å². The number of nitrogen functional groups attached to an aromatic ring is 2. The number of rotatable bonds is 7. The molecule has 4 N–H and O–H groups in total. The van der Waals surface area contributed by atoms with E-state index in [1.807, 2.05) is 72.8 Å². The quantitative estimate of drug-likeness (QED) is 0.293. The number of hydrogen-bond acceptors (Lipinski definition) is 4. The van der Waals surface area contributed by atoms with Gasteiger partial charge in [0, 0.05) is 23.5 Å². The zero-order valence-electron chi connectivity index (χ0n) is 19.3. The van der Waals surface area contributed by atoms with Gasteiger partial charge in [0.2, 0.25) is 0 Å². The Labute approximate surface area is 195 Å². The van der Waals surface area contributed by atoms with Crippen molar-refractivity contribution in [1.82, 2.24) is 0 Å². The fourth-order valence-corrected chi connectivity index (χ4v) is 3.87. The average Bonchev–Trinajstić information content (AvgIpc) is 2.79. The Bertz CT molecular complexity index is 1220. The zero-order chi connectivity index (χ0) is 23.4. The zero-order valence-corrected chi connectivity index (χ0v) is 19.3. The smallest absolute Gasteiger partial charge is 0.129 e. The summed E-state index contributed by atoms with van der Waals surface area (Å²) in [4.78, 5) is 0. The molecule has 0 bridgehead atoms. The third-order valence-electron chi connectivity index (χ3n) is 6.25. The summed E-state index contributed by atoms with van der Waals surface area (Å²) in [6, 6.07) is 31.5. The molecule has 0 aliphatic heterocycles. The molecular weight excluding hydrogens is 408 g/mol. The highest BCUT2D eigenvalue weighted by molar-refractivity contribution is 5.47. The average molecular weight is 439 g/mol. The molecule has 1 unspecified atom stereocenters. The van der Waals surface area contributed by atoms with Gasteiger partial charge in [0.05, 0.1) is 0 Å². The number of nitrogens with two attached hydrogens (primary N) is 2. The number of benzene rings is 4. The van der Waals surface area contributed by atoms with Gasteiger partial charge in [-0.15, -0.1) is 0 Å². The molecule has 4 nitrogen and oxygen atoms in total. The van der Waals surface area contributed by atoms with Gasteiger partial charge in [0.1, 0.15) is 23.0 Å². The lowest BCUT2D eigenvalue weighted by atomic mass is 9.71. The van der Waals surface area contributed by atoms with Crippen LogP contribution in [0.3, 0.4) is 0 Å². The molecule has 1 atom stereocenters. The fourth-order valence-electron chi connectivity index (χ4n) is 3.87. The van der Waals surface area contributed by atoms with Gasteiger partial charge in [-0.25, -0.2) is 0 Å². The summed E-state index contributed by atoms with van der Waals surface area (Å²) >= 11 is 0. The standard InChI is InChI=1S/C29H30N2O2/c1-20(21-10-14-25(15-11-21)32-27-8-4-6-23(30)18-27)29(2,3)22-12-16-26(17-13-22)33-28-9-5-7-24(31)19-28/h4-20H,30-31H2,1-3H3. The van der Waals surface area contributed by atoms with E-state index in [1.165, 1.54) is 11.1 Å². The molecular formula is C29H30N2O2. The van der Waals surface area contributed by atoms with Crippen LogP contribution in [0.5, 0.6) is 23.0 Å². The van der Waals surface area contributed by atoms with Gasteiger partial charge in [0.25, 0.3) is 0 Å². The molecule has 0 heterocycles. The van der Waals surface area contributed by atoms with Gasteiger partial charge >= 0.3 is 0 Å². The van der Waals surface area contributed by atoms with Crippen LogP contribution in [0.2, 0.25) is 0 Å². The van der Waals surface area contributed by atoms with Crippen molar-refractivity contribution < 1.29 is 9.47 Å². The molecule has 0 saturated heterocycles. The van der Waals surface area contributed by atoms with E-state index in [9.17, 15) is 0 Å². The number of anilines is 2. The van der Waals surface area contributed by atoms with Crippen LogP contribution in [0.15, 0.2) is 97.1 Å². The van der Waals surface area contributed by atoms with Crippen molar-refractivity contribution >= 4 is 11.4 Å². The molecule has 0 saturated carbocycles. The molecule has 168 valence electrons. The van der Waals surface area contributed by atoms with Gasteiger partial charge in [0.15, 0.2) is 0 Å². The van der Waals surface area contributed by atoms with Crippen LogP contribution in [0, 0.1) is 0 Å². The summed E-state index contributed by atoms with van der Waals surface area (Å²) in [5.41, 5.74) is 15.5. The van der Waals surface area contributed by atoms with Crippen LogP contribution in [0.4, 0.5) is 11.4 Å². The summed E-state index contributed by atoms with van der Waals surface area (Å²) in [6.07, 6.45) is 0. The summed E-state index contributed by atoms with van der Waals surface area (Å²) in [7, 11) is 0. The van der Waals surface area contributed by atoms with Crippen LogP contribution in [-0.2, 0) is 5.41 Å². The molecule has 0 aliphatic carbocycles. The lowest BCUT2D eigenvalue weighted by Gasteiger charge is -2.33. The Kier molecular flexibility index (Phi) is 6.27. The second-order valence-corrected chi connectivity index (χ2v) is 8.89.